The van der Waals surface area contributed by atoms with Gasteiger partial charge in [-0.05, 0) is 41.8 Å². The molecule has 3 aromatic rings. The third-order valence-electron chi connectivity index (χ3n) is 6.32. The predicted molar refractivity (Wildman–Crippen MR) is 124 cm³/mol. The molecule has 2 aliphatic heterocycles. The number of hydrogen-bond donors (Lipinski definition) is 3. The van der Waals surface area contributed by atoms with Crippen molar-refractivity contribution in [2.24, 2.45) is 5.92 Å². The summed E-state index contributed by atoms with van der Waals surface area (Å²) in [6, 6.07) is 11.3. The van der Waals surface area contributed by atoms with Crippen LogP contribution in [-0.4, -0.2) is 64.4 Å². The van der Waals surface area contributed by atoms with Crippen molar-refractivity contribution in [3.63, 3.8) is 0 Å². The maximum Gasteiger partial charge on any atom is 0.263 e. The van der Waals surface area contributed by atoms with E-state index in [1.165, 1.54) is 18.2 Å². The smallest absolute Gasteiger partial charge is 0.263 e. The minimum Gasteiger partial charge on any atom is -0.480 e. The second-order valence-electron chi connectivity index (χ2n) is 8.73. The van der Waals surface area contributed by atoms with Gasteiger partial charge in [-0.15, -0.1) is 0 Å². The number of rotatable bonds is 7. The lowest BCUT2D eigenvalue weighted by Crippen LogP contribution is -2.31. The zero-order chi connectivity index (χ0) is 23.7. The van der Waals surface area contributed by atoms with E-state index in [0.717, 1.165) is 11.1 Å². The number of carbonyl (C=O) groups is 1. The van der Waals surface area contributed by atoms with E-state index in [9.17, 15) is 19.1 Å². The first kappa shape index (κ1) is 22.5. The van der Waals surface area contributed by atoms with E-state index < -0.39 is 6.10 Å². The van der Waals surface area contributed by atoms with Crippen molar-refractivity contribution in [1.29, 1.82) is 0 Å². The number of likely N-dealkylation sites (tertiary alicyclic amines) is 1. The van der Waals surface area contributed by atoms with Crippen molar-refractivity contribution in [3.05, 3.63) is 64.3 Å². The van der Waals surface area contributed by atoms with Crippen LogP contribution in [0.3, 0.4) is 0 Å². The molecule has 1 fully saturated rings. The molecule has 0 radical (unpaired) electrons. The summed E-state index contributed by atoms with van der Waals surface area (Å²) >= 11 is 0. The molecule has 1 saturated heterocycles. The summed E-state index contributed by atoms with van der Waals surface area (Å²) in [6.07, 6.45) is -0.488. The molecule has 1 aromatic carbocycles. The van der Waals surface area contributed by atoms with Crippen LogP contribution in [0.15, 0.2) is 47.3 Å². The number of carbonyl (C=O) groups excluding carboxylic acids is 1. The molecule has 2 atom stereocenters. The van der Waals surface area contributed by atoms with Crippen LogP contribution in [0, 0.1) is 11.7 Å². The number of hydrogen-bond acceptors (Lipinski definition) is 7. The van der Waals surface area contributed by atoms with E-state index in [4.69, 9.17) is 4.74 Å². The molecule has 2 aromatic heterocycles. The van der Waals surface area contributed by atoms with Crippen LogP contribution in [-0.2, 0) is 17.9 Å². The highest BCUT2D eigenvalue weighted by Gasteiger charge is 2.30. The Kier molecular flexibility index (Phi) is 6.27. The van der Waals surface area contributed by atoms with Crippen LogP contribution in [0.2, 0.25) is 0 Å². The third kappa shape index (κ3) is 4.79. The van der Waals surface area contributed by atoms with Crippen molar-refractivity contribution in [1.82, 2.24) is 19.8 Å². The first-order valence-corrected chi connectivity index (χ1v) is 11.3. The van der Waals surface area contributed by atoms with Gasteiger partial charge in [-0.1, -0.05) is 0 Å². The zero-order valence-corrected chi connectivity index (χ0v) is 18.5. The second kappa shape index (κ2) is 9.49. The summed E-state index contributed by atoms with van der Waals surface area (Å²) in [5, 5.41) is 17.4. The molecular weight excluding hydrogens is 441 g/mol. The molecule has 1 amide bonds. The predicted octanol–water partition coefficient (Wildman–Crippen LogP) is 0.949. The minimum atomic E-state index is -0.488. The standard InChI is InChI=1S/C24H26FN5O4/c25-17-3-1-15-2-6-23(33)30(19(15)9-17)8-7-29-12-16(20(31)13-29)10-26-11-18-4-5-21-24(27-18)28-22(32)14-34-21/h1-6,9,16,20,26,31H,7-8,10-14H2,(H,27,28,32)/t16-,20+/m0/s1. The first-order valence-electron chi connectivity index (χ1n) is 11.3. The van der Waals surface area contributed by atoms with Gasteiger partial charge in [0.25, 0.3) is 11.5 Å². The topological polar surface area (TPSA) is 109 Å². The Morgan fingerprint density at radius 2 is 2.00 bits per heavy atom. The van der Waals surface area contributed by atoms with Crippen LogP contribution in [0.4, 0.5) is 10.2 Å². The number of aromatic nitrogens is 2. The van der Waals surface area contributed by atoms with Crippen molar-refractivity contribution in [3.8, 4) is 5.75 Å². The fourth-order valence-electron chi connectivity index (χ4n) is 4.55. The Bertz CT molecular complexity index is 1280. The molecule has 5 rings (SSSR count). The molecule has 178 valence electrons. The van der Waals surface area contributed by atoms with Gasteiger partial charge in [0, 0.05) is 51.3 Å². The first-order chi connectivity index (χ1) is 16.5. The lowest BCUT2D eigenvalue weighted by molar-refractivity contribution is -0.118. The molecule has 10 heteroatoms. The molecule has 3 N–H and O–H groups in total. The molecule has 0 spiro atoms. The summed E-state index contributed by atoms with van der Waals surface area (Å²) in [6.45, 7) is 3.27. The van der Waals surface area contributed by atoms with E-state index in [0.29, 0.717) is 56.4 Å². The molecule has 4 heterocycles. The summed E-state index contributed by atoms with van der Waals surface area (Å²) in [5.74, 6) is 0.403. The number of amides is 1. The Hall–Kier alpha value is -3.34. The van der Waals surface area contributed by atoms with Gasteiger partial charge in [-0.3, -0.25) is 14.5 Å². The normalized spacial score (nSPS) is 20.2. The molecule has 34 heavy (non-hydrogen) atoms. The number of aliphatic hydroxyl groups excluding tert-OH is 1. The number of nitrogens with zero attached hydrogens (tertiary/aromatic N) is 3. The summed E-state index contributed by atoms with van der Waals surface area (Å²) in [7, 11) is 0. The van der Waals surface area contributed by atoms with Crippen molar-refractivity contribution >= 4 is 22.6 Å². The molecule has 0 saturated carbocycles. The van der Waals surface area contributed by atoms with Crippen molar-refractivity contribution < 1.29 is 19.0 Å². The number of benzene rings is 1. The summed E-state index contributed by atoms with van der Waals surface area (Å²) < 4.78 is 20.6. The quantitative estimate of drug-likeness (QED) is 0.475. The van der Waals surface area contributed by atoms with Gasteiger partial charge in [0.05, 0.1) is 17.3 Å². The van der Waals surface area contributed by atoms with E-state index in [1.807, 2.05) is 6.07 Å². The van der Waals surface area contributed by atoms with Gasteiger partial charge in [-0.2, -0.15) is 0 Å². The number of fused-ring (bicyclic) bond motifs is 2. The molecule has 2 aliphatic rings. The number of ether oxygens (including phenoxy) is 1. The van der Waals surface area contributed by atoms with E-state index in [1.54, 1.807) is 22.8 Å². The van der Waals surface area contributed by atoms with E-state index in [2.05, 4.69) is 20.5 Å². The molecule has 9 nitrogen and oxygen atoms in total. The Labute approximate surface area is 195 Å². The fraction of sp³-hybridized carbons (Fsp3) is 0.375. The van der Waals surface area contributed by atoms with Crippen LogP contribution in [0.5, 0.6) is 5.75 Å². The van der Waals surface area contributed by atoms with E-state index >= 15 is 0 Å². The van der Waals surface area contributed by atoms with Crippen LogP contribution in [0.1, 0.15) is 5.69 Å². The van der Waals surface area contributed by atoms with Crippen LogP contribution in [0.25, 0.3) is 10.9 Å². The lowest BCUT2D eigenvalue weighted by atomic mass is 10.1. The SMILES string of the molecule is O=C1COc2ccc(CNC[C@H]3CN(CCn4c(=O)ccc5ccc(F)cc54)C[C@H]3O)nc2N1. The summed E-state index contributed by atoms with van der Waals surface area (Å²) in [4.78, 5) is 30.4. The molecular formula is C24H26FN5O4. The van der Waals surface area contributed by atoms with E-state index in [-0.39, 0.29) is 29.8 Å². The largest absolute Gasteiger partial charge is 0.480 e. The number of β-amino-alcohol motifs (C(OH)–C–C–N with tert-alkyl or cyclic N) is 1. The third-order valence-corrected chi connectivity index (χ3v) is 6.32. The van der Waals surface area contributed by atoms with Gasteiger partial charge < -0.3 is 25.0 Å². The van der Waals surface area contributed by atoms with Gasteiger partial charge in [0.15, 0.2) is 18.2 Å². The number of aliphatic hydroxyl groups is 1. The minimum absolute atomic E-state index is 0.00559. The molecule has 0 unspecified atom stereocenters. The Morgan fingerprint density at radius 1 is 1.15 bits per heavy atom. The Balaban J connectivity index is 1.15. The number of pyridine rings is 2. The maximum atomic E-state index is 13.7. The number of anilines is 1. The average molecular weight is 468 g/mol. The highest BCUT2D eigenvalue weighted by Crippen LogP contribution is 2.25. The maximum absolute atomic E-state index is 13.7. The fourth-order valence-corrected chi connectivity index (χ4v) is 4.55. The number of halogens is 1. The lowest BCUT2D eigenvalue weighted by Gasteiger charge is -2.18. The Morgan fingerprint density at radius 3 is 2.88 bits per heavy atom. The average Bonchev–Trinajstić information content (AvgIpc) is 3.17. The van der Waals surface area contributed by atoms with Crippen LogP contribution >= 0.6 is 0 Å². The molecule has 0 aliphatic carbocycles. The summed E-state index contributed by atoms with van der Waals surface area (Å²) in [5.41, 5.74) is 1.16. The highest BCUT2D eigenvalue weighted by atomic mass is 19.1. The number of nitrogens with one attached hydrogen (secondary N) is 2. The van der Waals surface area contributed by atoms with Gasteiger partial charge in [0.2, 0.25) is 0 Å². The second-order valence-corrected chi connectivity index (χ2v) is 8.73. The van der Waals surface area contributed by atoms with Gasteiger partial charge in [-0.25, -0.2) is 9.37 Å². The van der Waals surface area contributed by atoms with Gasteiger partial charge >= 0.3 is 0 Å². The van der Waals surface area contributed by atoms with Crippen molar-refractivity contribution in [2.45, 2.75) is 19.2 Å². The zero-order valence-electron chi connectivity index (χ0n) is 18.5. The molecule has 0 bridgehead atoms. The van der Waals surface area contributed by atoms with Gasteiger partial charge in [0.1, 0.15) is 5.82 Å². The monoisotopic (exact) mass is 467 g/mol. The van der Waals surface area contributed by atoms with Crippen LogP contribution < -0.4 is 20.9 Å². The highest BCUT2D eigenvalue weighted by molar-refractivity contribution is 5.94. The van der Waals surface area contributed by atoms with Crippen molar-refractivity contribution in [2.75, 3.05) is 38.1 Å².